The van der Waals surface area contributed by atoms with E-state index in [4.69, 9.17) is 0 Å². The highest BCUT2D eigenvalue weighted by molar-refractivity contribution is 7.13. The molecule has 0 unspecified atom stereocenters. The summed E-state index contributed by atoms with van der Waals surface area (Å²) in [7, 11) is 1.63. The van der Waals surface area contributed by atoms with Crippen molar-refractivity contribution in [3.8, 4) is 10.7 Å². The second kappa shape index (κ2) is 6.39. The van der Waals surface area contributed by atoms with Crippen LogP contribution in [0.3, 0.4) is 0 Å². The minimum Gasteiger partial charge on any atom is -0.336 e. The van der Waals surface area contributed by atoms with E-state index < -0.39 is 5.56 Å². The van der Waals surface area contributed by atoms with Gasteiger partial charge in [-0.3, -0.25) is 9.59 Å². The summed E-state index contributed by atoms with van der Waals surface area (Å²) in [5.41, 5.74) is 0.358. The molecule has 0 aliphatic heterocycles. The van der Waals surface area contributed by atoms with Crippen molar-refractivity contribution in [2.75, 3.05) is 7.05 Å². The van der Waals surface area contributed by atoms with E-state index in [9.17, 15) is 9.59 Å². The van der Waals surface area contributed by atoms with Crippen LogP contribution < -0.4 is 5.56 Å². The fourth-order valence-corrected chi connectivity index (χ4v) is 3.34. The van der Waals surface area contributed by atoms with Gasteiger partial charge in [0, 0.05) is 13.2 Å². The molecule has 7 nitrogen and oxygen atoms in total. The molecule has 0 aliphatic rings. The number of thiophene rings is 1. The van der Waals surface area contributed by atoms with Crippen LogP contribution in [-0.2, 0) is 6.54 Å². The topological polar surface area (TPSA) is 91.8 Å². The number of nitrogens with one attached hydrogen (secondary N) is 1. The molecule has 3 aromatic rings. The van der Waals surface area contributed by atoms with Crippen LogP contribution in [0.2, 0.25) is 0 Å². The number of rotatable bonds is 4. The summed E-state index contributed by atoms with van der Waals surface area (Å²) in [4.78, 5) is 34.7. The van der Waals surface area contributed by atoms with Crippen molar-refractivity contribution >= 4 is 28.8 Å². The first kappa shape index (κ1) is 15.5. The number of hydrogen-bond donors (Lipinski definition) is 1. The summed E-state index contributed by atoms with van der Waals surface area (Å²) in [6, 6.07) is 3.73. The summed E-state index contributed by atoms with van der Waals surface area (Å²) >= 11 is 2.71. The first-order chi connectivity index (χ1) is 11.1. The predicted molar refractivity (Wildman–Crippen MR) is 88.6 cm³/mol. The lowest BCUT2D eigenvalue weighted by Crippen LogP contribution is -2.31. The molecule has 0 saturated carbocycles. The molecule has 23 heavy (non-hydrogen) atoms. The Morgan fingerprint density at radius 2 is 2.26 bits per heavy atom. The molecule has 0 bridgehead atoms. The zero-order chi connectivity index (χ0) is 16.4. The third-order valence-electron chi connectivity index (χ3n) is 3.26. The van der Waals surface area contributed by atoms with Crippen LogP contribution in [0.1, 0.15) is 20.9 Å². The molecule has 0 atom stereocenters. The zero-order valence-corrected chi connectivity index (χ0v) is 14.1. The molecule has 118 valence electrons. The Morgan fingerprint density at radius 3 is 2.87 bits per heavy atom. The van der Waals surface area contributed by atoms with Gasteiger partial charge in [0.05, 0.1) is 22.0 Å². The Hall–Kier alpha value is -2.39. The van der Waals surface area contributed by atoms with E-state index in [1.54, 1.807) is 7.05 Å². The van der Waals surface area contributed by atoms with Crippen molar-refractivity contribution < 1.29 is 4.79 Å². The predicted octanol–water partition coefficient (Wildman–Crippen LogP) is 1.93. The van der Waals surface area contributed by atoms with Crippen molar-refractivity contribution in [1.82, 2.24) is 24.5 Å². The number of aromatic amines is 1. The second-order valence-corrected chi connectivity index (χ2v) is 6.68. The van der Waals surface area contributed by atoms with Gasteiger partial charge in [-0.25, -0.2) is 4.98 Å². The molecule has 3 aromatic heterocycles. The van der Waals surface area contributed by atoms with Gasteiger partial charge in [0.2, 0.25) is 0 Å². The highest BCUT2D eigenvalue weighted by atomic mass is 32.1. The fourth-order valence-electron chi connectivity index (χ4n) is 1.97. The summed E-state index contributed by atoms with van der Waals surface area (Å²) in [6.07, 6.45) is 1.32. The van der Waals surface area contributed by atoms with E-state index in [2.05, 4.69) is 19.6 Å². The van der Waals surface area contributed by atoms with Crippen LogP contribution in [0.5, 0.6) is 0 Å². The molecule has 0 aromatic carbocycles. The monoisotopic (exact) mass is 347 g/mol. The second-order valence-electron chi connectivity index (χ2n) is 4.89. The number of carbonyl (C=O) groups excluding carboxylic acids is 1. The Kier molecular flexibility index (Phi) is 4.30. The van der Waals surface area contributed by atoms with Gasteiger partial charge in [0.25, 0.3) is 11.5 Å². The zero-order valence-electron chi connectivity index (χ0n) is 12.4. The fraction of sp³-hybridized carbons (Fsp3) is 0.214. The van der Waals surface area contributed by atoms with Crippen LogP contribution in [-0.4, -0.2) is 37.4 Å². The Labute approximate surface area is 139 Å². The average Bonchev–Trinajstić information content (AvgIpc) is 3.19. The number of hydrogen-bond acceptors (Lipinski definition) is 7. The minimum absolute atomic E-state index is 0.0166. The van der Waals surface area contributed by atoms with E-state index in [0.29, 0.717) is 12.4 Å². The van der Waals surface area contributed by atoms with Crippen LogP contribution in [0.4, 0.5) is 0 Å². The van der Waals surface area contributed by atoms with Gasteiger partial charge in [0.1, 0.15) is 11.4 Å². The van der Waals surface area contributed by atoms with Gasteiger partial charge in [-0.2, -0.15) is 0 Å². The van der Waals surface area contributed by atoms with E-state index in [1.165, 1.54) is 34.0 Å². The third-order valence-corrected chi connectivity index (χ3v) is 4.94. The van der Waals surface area contributed by atoms with Gasteiger partial charge in [-0.15, -0.1) is 16.4 Å². The van der Waals surface area contributed by atoms with Gasteiger partial charge >= 0.3 is 0 Å². The first-order valence-electron chi connectivity index (χ1n) is 6.72. The SMILES string of the molecule is Cc1nnsc1CN(C)C(=O)c1cnc(-c2cccs2)[nH]c1=O. The highest BCUT2D eigenvalue weighted by Gasteiger charge is 2.18. The van der Waals surface area contributed by atoms with E-state index in [-0.39, 0.29) is 11.5 Å². The summed E-state index contributed by atoms with van der Waals surface area (Å²) in [6.45, 7) is 2.19. The maximum atomic E-state index is 12.4. The van der Waals surface area contributed by atoms with Gasteiger partial charge in [-0.05, 0) is 29.9 Å². The lowest BCUT2D eigenvalue weighted by Gasteiger charge is -2.15. The summed E-state index contributed by atoms with van der Waals surface area (Å²) < 4.78 is 3.84. The smallest absolute Gasteiger partial charge is 0.264 e. The third kappa shape index (κ3) is 3.20. The first-order valence-corrected chi connectivity index (χ1v) is 8.38. The molecule has 0 aliphatic carbocycles. The molecule has 3 heterocycles. The number of aromatic nitrogens is 4. The molecule has 1 amide bonds. The van der Waals surface area contributed by atoms with Gasteiger partial charge in [0.15, 0.2) is 0 Å². The lowest BCUT2D eigenvalue weighted by atomic mass is 10.2. The largest absolute Gasteiger partial charge is 0.336 e. The van der Waals surface area contributed by atoms with Crippen molar-refractivity contribution in [2.45, 2.75) is 13.5 Å². The normalized spacial score (nSPS) is 10.7. The number of carbonyl (C=O) groups is 1. The average molecular weight is 347 g/mol. The maximum Gasteiger partial charge on any atom is 0.264 e. The van der Waals surface area contributed by atoms with E-state index >= 15 is 0 Å². The summed E-state index contributed by atoms with van der Waals surface area (Å²) in [5.74, 6) is 0.0796. The molecular formula is C14H13N5O2S2. The van der Waals surface area contributed by atoms with Crippen molar-refractivity contribution in [3.05, 3.63) is 50.2 Å². The molecular weight excluding hydrogens is 334 g/mol. The molecule has 3 rings (SSSR count). The Morgan fingerprint density at radius 1 is 1.43 bits per heavy atom. The number of aryl methyl sites for hydroxylation is 1. The van der Waals surface area contributed by atoms with Crippen molar-refractivity contribution in [2.24, 2.45) is 0 Å². The molecule has 9 heteroatoms. The Balaban J connectivity index is 1.82. The van der Waals surface area contributed by atoms with Gasteiger partial charge < -0.3 is 9.88 Å². The Bertz CT molecular complexity index is 885. The van der Waals surface area contributed by atoms with Crippen molar-refractivity contribution in [1.29, 1.82) is 0 Å². The lowest BCUT2D eigenvalue weighted by molar-refractivity contribution is 0.0784. The molecule has 1 N–H and O–H groups in total. The van der Waals surface area contributed by atoms with Crippen LogP contribution in [0.25, 0.3) is 10.7 Å². The highest BCUT2D eigenvalue weighted by Crippen LogP contribution is 2.19. The maximum absolute atomic E-state index is 12.4. The molecule has 0 radical (unpaired) electrons. The quantitative estimate of drug-likeness (QED) is 0.778. The standard InChI is InChI=1S/C14H13N5O2S2/c1-8-11(23-18-17-8)7-19(2)14(21)9-6-15-12(16-13(9)20)10-4-3-5-22-10/h3-6H,7H2,1-2H3,(H,15,16,20). The molecule has 0 fully saturated rings. The van der Waals surface area contributed by atoms with Crippen LogP contribution in [0.15, 0.2) is 28.5 Å². The van der Waals surface area contributed by atoms with Gasteiger partial charge in [-0.1, -0.05) is 10.6 Å². The minimum atomic E-state index is -0.445. The number of amides is 1. The van der Waals surface area contributed by atoms with E-state index in [0.717, 1.165) is 15.4 Å². The van der Waals surface area contributed by atoms with Crippen LogP contribution in [0, 0.1) is 6.92 Å². The molecule has 0 spiro atoms. The van der Waals surface area contributed by atoms with Crippen LogP contribution >= 0.6 is 22.9 Å². The van der Waals surface area contributed by atoms with E-state index in [1.807, 2.05) is 24.4 Å². The van der Waals surface area contributed by atoms with Crippen molar-refractivity contribution in [3.63, 3.8) is 0 Å². The molecule has 0 saturated heterocycles. The summed E-state index contributed by atoms with van der Waals surface area (Å²) in [5, 5.41) is 5.81. The number of H-pyrrole nitrogens is 1. The number of nitrogens with zero attached hydrogens (tertiary/aromatic N) is 4.